The zero-order valence-corrected chi connectivity index (χ0v) is 13.4. The van der Waals surface area contributed by atoms with Crippen molar-refractivity contribution < 1.29 is 14.3 Å². The molecule has 116 valence electrons. The van der Waals surface area contributed by atoms with E-state index in [1.807, 2.05) is 19.2 Å². The van der Waals surface area contributed by atoms with E-state index in [0.717, 1.165) is 18.5 Å². The maximum Gasteiger partial charge on any atom is 0.222 e. The van der Waals surface area contributed by atoms with Crippen molar-refractivity contribution in [1.29, 1.82) is 0 Å². The van der Waals surface area contributed by atoms with Gasteiger partial charge in [-0.2, -0.15) is 0 Å². The smallest absolute Gasteiger partial charge is 0.222 e. The molecule has 1 saturated heterocycles. The summed E-state index contributed by atoms with van der Waals surface area (Å²) in [7, 11) is 4.99. The maximum absolute atomic E-state index is 11.5. The van der Waals surface area contributed by atoms with Gasteiger partial charge in [0.1, 0.15) is 0 Å². The number of amides is 1. The van der Waals surface area contributed by atoms with Gasteiger partial charge in [0.25, 0.3) is 0 Å². The van der Waals surface area contributed by atoms with E-state index in [-0.39, 0.29) is 11.9 Å². The van der Waals surface area contributed by atoms with Gasteiger partial charge in [-0.25, -0.2) is 0 Å². The number of rotatable bonds is 5. The number of piperidine rings is 1. The van der Waals surface area contributed by atoms with Crippen molar-refractivity contribution in [1.82, 2.24) is 10.2 Å². The Hall–Kier alpha value is -1.46. The third-order valence-electron chi connectivity index (χ3n) is 3.77. The van der Waals surface area contributed by atoms with Crippen LogP contribution >= 0.6 is 11.6 Å². The minimum atomic E-state index is 0.206. The third kappa shape index (κ3) is 3.60. The Balaban J connectivity index is 2.02. The number of nitrogens with zero attached hydrogens (tertiary/aromatic N) is 1. The van der Waals surface area contributed by atoms with E-state index in [1.54, 1.807) is 19.1 Å². The molecule has 1 N–H and O–H groups in total. The zero-order valence-electron chi connectivity index (χ0n) is 12.6. The number of hydrogen-bond acceptors (Lipinski definition) is 4. The van der Waals surface area contributed by atoms with Gasteiger partial charge >= 0.3 is 0 Å². The summed E-state index contributed by atoms with van der Waals surface area (Å²) in [6.07, 6.45) is 1.45. The van der Waals surface area contributed by atoms with Crippen molar-refractivity contribution in [3.05, 3.63) is 22.7 Å². The molecule has 5 nitrogen and oxygen atoms in total. The summed E-state index contributed by atoms with van der Waals surface area (Å²) in [5, 5.41) is 4.00. The molecule has 0 aromatic heterocycles. The van der Waals surface area contributed by atoms with Crippen LogP contribution in [0.2, 0.25) is 5.02 Å². The van der Waals surface area contributed by atoms with Gasteiger partial charge in [0.05, 0.1) is 19.2 Å². The van der Waals surface area contributed by atoms with Crippen LogP contribution in [0.1, 0.15) is 18.4 Å². The number of likely N-dealkylation sites (N-methyl/N-ethyl adjacent to an activating group) is 1. The minimum Gasteiger partial charge on any atom is -0.493 e. The topological polar surface area (TPSA) is 50.8 Å². The highest BCUT2D eigenvalue weighted by Gasteiger charge is 2.22. The van der Waals surface area contributed by atoms with Crippen LogP contribution in [0.4, 0.5) is 0 Å². The number of halogens is 1. The molecule has 0 aliphatic carbocycles. The van der Waals surface area contributed by atoms with Crippen LogP contribution in [0.15, 0.2) is 12.1 Å². The molecule has 0 saturated carbocycles. The van der Waals surface area contributed by atoms with Crippen LogP contribution in [-0.4, -0.2) is 44.7 Å². The lowest BCUT2D eigenvalue weighted by atomic mass is 10.1. The van der Waals surface area contributed by atoms with Crippen LogP contribution in [0, 0.1) is 0 Å². The Morgan fingerprint density at radius 1 is 1.38 bits per heavy atom. The summed E-state index contributed by atoms with van der Waals surface area (Å²) in [6.45, 7) is 1.36. The quantitative estimate of drug-likeness (QED) is 0.904. The molecule has 1 aliphatic heterocycles. The van der Waals surface area contributed by atoms with Crippen LogP contribution in [0.25, 0.3) is 0 Å². The van der Waals surface area contributed by atoms with Crippen LogP contribution in [0.5, 0.6) is 11.5 Å². The van der Waals surface area contributed by atoms with Gasteiger partial charge in [-0.15, -0.1) is 0 Å². The normalized spacial score (nSPS) is 18.8. The molecular formula is C15H21ClN2O3. The molecule has 0 bridgehead atoms. The summed E-state index contributed by atoms with van der Waals surface area (Å²) in [4.78, 5) is 13.2. The predicted octanol–water partition coefficient (Wildman–Crippen LogP) is 2.07. The van der Waals surface area contributed by atoms with Crippen molar-refractivity contribution in [2.75, 3.05) is 27.8 Å². The van der Waals surface area contributed by atoms with Crippen LogP contribution in [0.3, 0.4) is 0 Å². The first kappa shape index (κ1) is 15.9. The number of ether oxygens (including phenoxy) is 2. The van der Waals surface area contributed by atoms with Gasteiger partial charge in [0, 0.05) is 32.6 Å². The Kier molecular flexibility index (Phi) is 5.31. The molecule has 1 heterocycles. The Bertz CT molecular complexity index is 522. The van der Waals surface area contributed by atoms with E-state index < -0.39 is 0 Å². The van der Waals surface area contributed by atoms with Gasteiger partial charge in [-0.1, -0.05) is 17.7 Å². The number of carbonyl (C=O) groups is 1. The molecule has 1 fully saturated rings. The molecule has 2 rings (SSSR count). The Morgan fingerprint density at radius 2 is 2.14 bits per heavy atom. The van der Waals surface area contributed by atoms with Gasteiger partial charge in [-0.05, 0) is 18.1 Å². The van der Waals surface area contributed by atoms with Gasteiger partial charge in [-0.3, -0.25) is 4.79 Å². The van der Waals surface area contributed by atoms with E-state index in [1.165, 1.54) is 0 Å². The SMILES string of the molecule is COc1ccc(CNC2CCC(=O)N(C)C2)c(Cl)c1OC. The first-order chi connectivity index (χ1) is 10.1. The van der Waals surface area contributed by atoms with Gasteiger partial charge in [0.15, 0.2) is 11.5 Å². The monoisotopic (exact) mass is 312 g/mol. The highest BCUT2D eigenvalue weighted by atomic mass is 35.5. The fourth-order valence-corrected chi connectivity index (χ4v) is 2.80. The van der Waals surface area contributed by atoms with Crippen molar-refractivity contribution in [3.8, 4) is 11.5 Å². The molecular weight excluding hydrogens is 292 g/mol. The molecule has 0 radical (unpaired) electrons. The van der Waals surface area contributed by atoms with Gasteiger partial charge in [0.2, 0.25) is 5.91 Å². The Labute approximate surface area is 130 Å². The third-order valence-corrected chi connectivity index (χ3v) is 4.19. The second kappa shape index (κ2) is 7.00. The van der Waals surface area contributed by atoms with E-state index in [0.29, 0.717) is 29.5 Å². The highest BCUT2D eigenvalue weighted by molar-refractivity contribution is 6.33. The van der Waals surface area contributed by atoms with Crippen molar-refractivity contribution in [2.45, 2.75) is 25.4 Å². The molecule has 1 aromatic carbocycles. The molecule has 1 aromatic rings. The number of methoxy groups -OCH3 is 2. The molecule has 1 atom stereocenters. The number of hydrogen-bond donors (Lipinski definition) is 1. The Morgan fingerprint density at radius 3 is 2.76 bits per heavy atom. The average Bonchev–Trinajstić information content (AvgIpc) is 2.49. The van der Waals surface area contributed by atoms with E-state index in [4.69, 9.17) is 21.1 Å². The summed E-state index contributed by atoms with van der Waals surface area (Å²) in [5.74, 6) is 1.38. The highest BCUT2D eigenvalue weighted by Crippen LogP contribution is 2.37. The summed E-state index contributed by atoms with van der Waals surface area (Å²) in [6, 6.07) is 4.06. The maximum atomic E-state index is 11.5. The lowest BCUT2D eigenvalue weighted by molar-refractivity contribution is -0.132. The average molecular weight is 313 g/mol. The predicted molar refractivity (Wildman–Crippen MR) is 82.1 cm³/mol. The van der Waals surface area contributed by atoms with E-state index >= 15 is 0 Å². The first-order valence-corrected chi connectivity index (χ1v) is 7.31. The molecule has 1 unspecified atom stereocenters. The second-order valence-corrected chi connectivity index (χ2v) is 5.54. The number of carbonyl (C=O) groups excluding carboxylic acids is 1. The van der Waals surface area contributed by atoms with Crippen LogP contribution < -0.4 is 14.8 Å². The second-order valence-electron chi connectivity index (χ2n) is 5.16. The molecule has 21 heavy (non-hydrogen) atoms. The number of nitrogens with one attached hydrogen (secondary N) is 1. The van der Waals surface area contributed by atoms with Crippen molar-refractivity contribution in [3.63, 3.8) is 0 Å². The van der Waals surface area contributed by atoms with E-state index in [9.17, 15) is 4.79 Å². The summed E-state index contributed by atoms with van der Waals surface area (Å²) >= 11 is 6.35. The lowest BCUT2D eigenvalue weighted by Gasteiger charge is -2.30. The van der Waals surface area contributed by atoms with Gasteiger partial charge < -0.3 is 19.7 Å². The molecule has 0 spiro atoms. The van der Waals surface area contributed by atoms with Crippen LogP contribution in [-0.2, 0) is 11.3 Å². The lowest BCUT2D eigenvalue weighted by Crippen LogP contribution is -2.46. The standard InChI is InChI=1S/C15H21ClN2O3/c1-18-9-11(5-7-13(18)19)17-8-10-4-6-12(20-2)15(21-3)14(10)16/h4,6,11,17H,5,7-9H2,1-3H3. The molecule has 1 amide bonds. The largest absolute Gasteiger partial charge is 0.493 e. The van der Waals surface area contributed by atoms with Crippen molar-refractivity contribution in [2.24, 2.45) is 0 Å². The van der Waals surface area contributed by atoms with E-state index in [2.05, 4.69) is 5.32 Å². The summed E-state index contributed by atoms with van der Waals surface area (Å²) in [5.41, 5.74) is 0.953. The molecule has 1 aliphatic rings. The van der Waals surface area contributed by atoms with Crippen molar-refractivity contribution >= 4 is 17.5 Å². The molecule has 6 heteroatoms. The summed E-state index contributed by atoms with van der Waals surface area (Å²) < 4.78 is 10.5. The fraction of sp³-hybridized carbons (Fsp3) is 0.533. The minimum absolute atomic E-state index is 0.206. The number of likely N-dealkylation sites (tertiary alicyclic amines) is 1. The first-order valence-electron chi connectivity index (χ1n) is 6.93. The zero-order chi connectivity index (χ0) is 15.4. The number of benzene rings is 1. The fourth-order valence-electron chi connectivity index (χ4n) is 2.50.